The van der Waals surface area contributed by atoms with Crippen molar-refractivity contribution in [3.63, 3.8) is 0 Å². The summed E-state index contributed by atoms with van der Waals surface area (Å²) in [5.74, 6) is -4.66. The molecule has 1 rings (SSSR count). The van der Waals surface area contributed by atoms with Crippen LogP contribution in [0.4, 0.5) is 22.0 Å². The molecule has 0 bridgehead atoms. The van der Waals surface area contributed by atoms with Crippen molar-refractivity contribution in [1.82, 2.24) is 10.2 Å². The summed E-state index contributed by atoms with van der Waals surface area (Å²) in [5, 5.41) is 2.14. The van der Waals surface area contributed by atoms with Crippen LogP contribution in [0.3, 0.4) is 0 Å². The SMILES string of the molecule is FC(F)(F)C(F)(F)CNCCCN1CCOCC1. The normalized spacial score (nSPS) is 19.2. The summed E-state index contributed by atoms with van der Waals surface area (Å²) in [4.78, 5) is 2.09. The van der Waals surface area contributed by atoms with Gasteiger partial charge in [0.2, 0.25) is 0 Å². The average Bonchev–Trinajstić information content (AvgIpc) is 2.28. The van der Waals surface area contributed by atoms with E-state index < -0.39 is 18.6 Å². The highest BCUT2D eigenvalue weighted by Gasteiger charge is 2.56. The average molecular weight is 276 g/mol. The Labute approximate surface area is 102 Å². The van der Waals surface area contributed by atoms with Crippen molar-refractivity contribution in [3.8, 4) is 0 Å². The number of hydrogen-bond donors (Lipinski definition) is 1. The molecular weight excluding hydrogens is 259 g/mol. The fraction of sp³-hybridized carbons (Fsp3) is 1.00. The first-order valence-corrected chi connectivity index (χ1v) is 5.78. The van der Waals surface area contributed by atoms with E-state index >= 15 is 0 Å². The molecule has 0 radical (unpaired) electrons. The molecule has 0 saturated carbocycles. The lowest BCUT2D eigenvalue weighted by Crippen LogP contribution is -2.45. The number of nitrogens with zero attached hydrogens (tertiary/aromatic N) is 1. The van der Waals surface area contributed by atoms with Crippen molar-refractivity contribution in [2.24, 2.45) is 0 Å². The van der Waals surface area contributed by atoms with E-state index in [4.69, 9.17) is 4.74 Å². The molecule has 1 heterocycles. The molecule has 0 spiro atoms. The smallest absolute Gasteiger partial charge is 0.379 e. The minimum absolute atomic E-state index is 0.142. The number of halogens is 5. The van der Waals surface area contributed by atoms with E-state index in [0.717, 1.165) is 13.1 Å². The molecule has 0 unspecified atom stereocenters. The van der Waals surface area contributed by atoms with Gasteiger partial charge in [0.25, 0.3) is 0 Å². The van der Waals surface area contributed by atoms with E-state index in [0.29, 0.717) is 26.2 Å². The maximum atomic E-state index is 12.5. The number of ether oxygens (including phenoxy) is 1. The van der Waals surface area contributed by atoms with E-state index in [9.17, 15) is 22.0 Å². The lowest BCUT2D eigenvalue weighted by Gasteiger charge is -2.26. The monoisotopic (exact) mass is 276 g/mol. The molecule has 8 heteroatoms. The van der Waals surface area contributed by atoms with Gasteiger partial charge in [-0.05, 0) is 19.5 Å². The summed E-state index contributed by atoms with van der Waals surface area (Å²) in [6.45, 7) is 2.28. The van der Waals surface area contributed by atoms with Crippen molar-refractivity contribution in [2.45, 2.75) is 18.5 Å². The van der Waals surface area contributed by atoms with Crippen LogP contribution in [-0.4, -0.2) is 62.9 Å². The number of alkyl halides is 5. The molecule has 1 fully saturated rings. The van der Waals surface area contributed by atoms with Crippen molar-refractivity contribution in [2.75, 3.05) is 45.9 Å². The summed E-state index contributed by atoms with van der Waals surface area (Å²) < 4.78 is 65.6. The Bertz CT molecular complexity index is 241. The van der Waals surface area contributed by atoms with Crippen LogP contribution in [-0.2, 0) is 4.74 Å². The van der Waals surface area contributed by atoms with E-state index in [1.165, 1.54) is 0 Å². The van der Waals surface area contributed by atoms with E-state index in [1.807, 2.05) is 0 Å². The Kier molecular flexibility index (Phi) is 5.74. The molecule has 0 atom stereocenters. The predicted molar refractivity (Wildman–Crippen MR) is 55.7 cm³/mol. The summed E-state index contributed by atoms with van der Waals surface area (Å²) in [7, 11) is 0. The number of rotatable bonds is 6. The van der Waals surface area contributed by atoms with Crippen molar-refractivity contribution < 1.29 is 26.7 Å². The van der Waals surface area contributed by atoms with Crippen LogP contribution in [0.25, 0.3) is 0 Å². The Morgan fingerprint density at radius 2 is 1.67 bits per heavy atom. The highest BCUT2D eigenvalue weighted by atomic mass is 19.4. The highest BCUT2D eigenvalue weighted by molar-refractivity contribution is 4.78. The third-order valence-electron chi connectivity index (χ3n) is 2.69. The minimum atomic E-state index is -5.48. The van der Waals surface area contributed by atoms with Crippen LogP contribution in [0.1, 0.15) is 6.42 Å². The van der Waals surface area contributed by atoms with Gasteiger partial charge in [0.05, 0.1) is 19.8 Å². The fourth-order valence-corrected chi connectivity index (χ4v) is 1.60. The zero-order chi connectivity index (χ0) is 13.6. The molecule has 1 aliphatic heterocycles. The van der Waals surface area contributed by atoms with Crippen LogP contribution in [0, 0.1) is 0 Å². The topological polar surface area (TPSA) is 24.5 Å². The summed E-state index contributed by atoms with van der Waals surface area (Å²) in [6.07, 6.45) is -4.95. The minimum Gasteiger partial charge on any atom is -0.379 e. The summed E-state index contributed by atoms with van der Waals surface area (Å²) in [6, 6.07) is 0. The Morgan fingerprint density at radius 3 is 2.22 bits per heavy atom. The van der Waals surface area contributed by atoms with Gasteiger partial charge in [-0.1, -0.05) is 0 Å². The van der Waals surface area contributed by atoms with Crippen LogP contribution in [0.5, 0.6) is 0 Å². The van der Waals surface area contributed by atoms with Gasteiger partial charge in [-0.3, -0.25) is 4.90 Å². The molecule has 18 heavy (non-hydrogen) atoms. The number of nitrogens with one attached hydrogen (secondary N) is 1. The van der Waals surface area contributed by atoms with Crippen LogP contribution < -0.4 is 5.32 Å². The molecule has 3 nitrogen and oxygen atoms in total. The number of morpholine rings is 1. The van der Waals surface area contributed by atoms with Gasteiger partial charge in [0, 0.05) is 13.1 Å². The molecule has 0 aliphatic carbocycles. The number of hydrogen-bond acceptors (Lipinski definition) is 3. The third kappa shape index (κ3) is 5.03. The van der Waals surface area contributed by atoms with Gasteiger partial charge in [-0.25, -0.2) is 0 Å². The zero-order valence-electron chi connectivity index (χ0n) is 9.90. The maximum Gasteiger partial charge on any atom is 0.454 e. The largest absolute Gasteiger partial charge is 0.454 e. The summed E-state index contributed by atoms with van der Waals surface area (Å²) in [5.41, 5.74) is 0. The Balaban J connectivity index is 2.08. The van der Waals surface area contributed by atoms with E-state index in [1.54, 1.807) is 0 Å². The van der Waals surface area contributed by atoms with Crippen molar-refractivity contribution >= 4 is 0 Å². The van der Waals surface area contributed by atoms with Gasteiger partial charge in [0.1, 0.15) is 0 Å². The zero-order valence-corrected chi connectivity index (χ0v) is 9.90. The second kappa shape index (κ2) is 6.63. The van der Waals surface area contributed by atoms with Crippen LogP contribution in [0.15, 0.2) is 0 Å². The molecule has 1 saturated heterocycles. The van der Waals surface area contributed by atoms with Crippen molar-refractivity contribution in [3.05, 3.63) is 0 Å². The van der Waals surface area contributed by atoms with E-state index in [2.05, 4.69) is 10.2 Å². The van der Waals surface area contributed by atoms with Crippen molar-refractivity contribution in [1.29, 1.82) is 0 Å². The van der Waals surface area contributed by atoms with Crippen LogP contribution >= 0.6 is 0 Å². The molecule has 0 aromatic rings. The quantitative estimate of drug-likeness (QED) is 0.587. The first-order chi connectivity index (χ1) is 8.33. The first kappa shape index (κ1) is 15.6. The maximum absolute atomic E-state index is 12.5. The van der Waals surface area contributed by atoms with Gasteiger partial charge < -0.3 is 10.1 Å². The highest BCUT2D eigenvalue weighted by Crippen LogP contribution is 2.34. The van der Waals surface area contributed by atoms with E-state index in [-0.39, 0.29) is 6.54 Å². The molecule has 0 amide bonds. The second-order valence-electron chi connectivity index (χ2n) is 4.19. The van der Waals surface area contributed by atoms with Gasteiger partial charge >= 0.3 is 12.1 Å². The molecule has 108 valence electrons. The fourth-order valence-electron chi connectivity index (χ4n) is 1.60. The standard InChI is InChI=1S/C10H17F5N2O/c11-9(12,10(13,14)15)8-16-2-1-3-17-4-6-18-7-5-17/h16H,1-8H2. The lowest BCUT2D eigenvalue weighted by molar-refractivity contribution is -0.279. The summed E-state index contributed by atoms with van der Waals surface area (Å²) >= 11 is 0. The van der Waals surface area contributed by atoms with Crippen LogP contribution in [0.2, 0.25) is 0 Å². The second-order valence-corrected chi connectivity index (χ2v) is 4.19. The predicted octanol–water partition coefficient (Wildman–Crippen LogP) is 1.50. The third-order valence-corrected chi connectivity index (χ3v) is 2.69. The molecular formula is C10H17F5N2O. The molecule has 1 N–H and O–H groups in total. The van der Waals surface area contributed by atoms with Gasteiger partial charge in [0.15, 0.2) is 0 Å². The first-order valence-electron chi connectivity index (χ1n) is 5.78. The molecule has 0 aromatic carbocycles. The Morgan fingerprint density at radius 1 is 1.06 bits per heavy atom. The van der Waals surface area contributed by atoms with Gasteiger partial charge in [-0.2, -0.15) is 22.0 Å². The van der Waals surface area contributed by atoms with Gasteiger partial charge in [-0.15, -0.1) is 0 Å². The lowest BCUT2D eigenvalue weighted by atomic mass is 10.3. The molecule has 0 aromatic heterocycles. The molecule has 1 aliphatic rings. The Hall–Kier alpha value is -0.470.